The number of likely N-dealkylation sites (N-methyl/N-ethyl adjacent to an activating group) is 1. The molecule has 2 aromatic carbocycles. The minimum absolute atomic E-state index is 0.00965. The smallest absolute Gasteiger partial charge is 0.264 e. The Morgan fingerprint density at radius 3 is 2.47 bits per heavy atom. The van der Waals surface area contributed by atoms with Crippen molar-refractivity contribution in [2.24, 2.45) is 11.3 Å². The second-order valence-electron chi connectivity index (χ2n) is 15.7. The molecule has 0 spiro atoms. The van der Waals surface area contributed by atoms with Gasteiger partial charge in [-0.3, -0.25) is 9.59 Å². The number of amides is 2. The van der Waals surface area contributed by atoms with Crippen LogP contribution in [0.15, 0.2) is 36.4 Å². The number of rotatable bonds is 7. The normalized spacial score (nSPS) is 26.9. The highest BCUT2D eigenvalue weighted by Gasteiger charge is 2.65. The van der Waals surface area contributed by atoms with Crippen LogP contribution in [-0.4, -0.2) is 92.9 Å². The summed E-state index contributed by atoms with van der Waals surface area (Å²) in [5, 5.41) is 1.08. The molecule has 3 aromatic rings. The van der Waals surface area contributed by atoms with Gasteiger partial charge in [-0.15, -0.1) is 0 Å². The molecule has 11 heteroatoms. The molecule has 2 saturated heterocycles. The first-order chi connectivity index (χ1) is 23.5. The summed E-state index contributed by atoms with van der Waals surface area (Å²) in [5.74, 6) is 0.493. The average Bonchev–Trinajstić information content (AvgIpc) is 3.73. The summed E-state index contributed by atoms with van der Waals surface area (Å²) >= 11 is 0. The number of sulfonamides is 1. The van der Waals surface area contributed by atoms with Gasteiger partial charge in [-0.05, 0) is 79.6 Å². The third-order valence-electron chi connectivity index (χ3n) is 11.7. The van der Waals surface area contributed by atoms with Gasteiger partial charge >= 0.3 is 0 Å². The number of benzene rings is 2. The lowest BCUT2D eigenvalue weighted by atomic mass is 9.81. The van der Waals surface area contributed by atoms with E-state index in [0.29, 0.717) is 31.2 Å². The van der Waals surface area contributed by atoms with Crippen LogP contribution < -0.4 is 9.46 Å². The largest absolute Gasteiger partial charge is 0.497 e. The Morgan fingerprint density at radius 1 is 1.04 bits per heavy atom. The predicted octanol–water partition coefficient (Wildman–Crippen LogP) is 5.11. The van der Waals surface area contributed by atoms with Gasteiger partial charge in [0.25, 0.3) is 5.91 Å². The maximum atomic E-state index is 15.1. The fourth-order valence-corrected chi connectivity index (χ4v) is 10.9. The molecule has 10 nitrogen and oxygen atoms in total. The molecule has 4 unspecified atom stereocenters. The van der Waals surface area contributed by atoms with Crippen molar-refractivity contribution in [2.45, 2.75) is 82.8 Å². The quantitative estimate of drug-likeness (QED) is 0.368. The molecule has 3 aliphatic heterocycles. The number of ether oxygens (including phenoxy) is 2. The van der Waals surface area contributed by atoms with Gasteiger partial charge in [0.2, 0.25) is 15.9 Å². The van der Waals surface area contributed by atoms with E-state index in [0.717, 1.165) is 65.8 Å². The summed E-state index contributed by atoms with van der Waals surface area (Å²) in [6.07, 6.45) is 6.48. The highest BCUT2D eigenvalue weighted by Crippen LogP contribution is 2.66. The van der Waals surface area contributed by atoms with Crippen molar-refractivity contribution in [3.8, 4) is 17.0 Å². The van der Waals surface area contributed by atoms with Crippen LogP contribution in [0.25, 0.3) is 22.2 Å². The molecule has 2 amide bonds. The van der Waals surface area contributed by atoms with Crippen molar-refractivity contribution < 1.29 is 27.5 Å². The van der Waals surface area contributed by atoms with Crippen LogP contribution in [0.2, 0.25) is 0 Å². The van der Waals surface area contributed by atoms with Crippen LogP contribution in [0.3, 0.4) is 0 Å². The van der Waals surface area contributed by atoms with Crippen molar-refractivity contribution in [2.75, 3.05) is 46.2 Å². The standard InChI is InChI=1S/C38H48N4O6S/c1-23(2)21-49(45,46)39-36(43)25-10-12-30-33(14-25)41-22-38(37(44)42-26-17-40(3)18-27(42)20-48-19-26)16-32(38)31-15-28(47-4)11-13-29(31)35(41)34(30)24-8-6-5-7-9-24/h10-15,23-24,26-27,32H,5-9,16-22H2,1-4H3,(H,39,43). The van der Waals surface area contributed by atoms with Gasteiger partial charge in [-0.1, -0.05) is 39.2 Å². The third kappa shape index (κ3) is 5.56. The minimum atomic E-state index is -3.79. The van der Waals surface area contributed by atoms with Gasteiger partial charge in [0, 0.05) is 47.6 Å². The second-order valence-corrected chi connectivity index (χ2v) is 17.4. The minimum Gasteiger partial charge on any atom is -0.497 e. The zero-order valence-electron chi connectivity index (χ0n) is 29.0. The van der Waals surface area contributed by atoms with Crippen molar-refractivity contribution in [3.05, 3.63) is 53.1 Å². The van der Waals surface area contributed by atoms with E-state index in [4.69, 9.17) is 9.47 Å². The van der Waals surface area contributed by atoms with Gasteiger partial charge in [0.15, 0.2) is 0 Å². The lowest BCUT2D eigenvalue weighted by molar-refractivity contribution is -0.160. The zero-order chi connectivity index (χ0) is 34.2. The Labute approximate surface area is 289 Å². The topological polar surface area (TPSA) is 110 Å². The number of hydrogen-bond donors (Lipinski definition) is 1. The molecule has 2 bridgehead atoms. The molecule has 2 saturated carbocycles. The Morgan fingerprint density at radius 2 is 1.78 bits per heavy atom. The Kier molecular flexibility index (Phi) is 8.11. The molecule has 2 aliphatic carbocycles. The van der Waals surface area contributed by atoms with E-state index in [2.05, 4.69) is 38.3 Å². The van der Waals surface area contributed by atoms with E-state index in [-0.39, 0.29) is 35.6 Å². The van der Waals surface area contributed by atoms with Crippen LogP contribution >= 0.6 is 0 Å². The molecule has 1 N–H and O–H groups in total. The molecule has 4 heterocycles. The van der Waals surface area contributed by atoms with Gasteiger partial charge < -0.3 is 23.8 Å². The van der Waals surface area contributed by atoms with E-state index in [1.807, 2.05) is 32.0 Å². The number of methoxy groups -OCH3 is 1. The number of fused-ring (bicyclic) bond motifs is 9. The summed E-state index contributed by atoms with van der Waals surface area (Å²) in [5.41, 5.74) is 5.23. The zero-order valence-corrected chi connectivity index (χ0v) is 29.9. The number of morpholine rings is 1. The molecule has 262 valence electrons. The Bertz CT molecular complexity index is 1920. The molecule has 0 radical (unpaired) electrons. The van der Waals surface area contributed by atoms with Gasteiger partial charge in [-0.2, -0.15) is 0 Å². The maximum Gasteiger partial charge on any atom is 0.264 e. The van der Waals surface area contributed by atoms with Crippen LogP contribution in [-0.2, 0) is 26.1 Å². The first-order valence-corrected chi connectivity index (χ1v) is 19.6. The van der Waals surface area contributed by atoms with Crippen LogP contribution in [0.4, 0.5) is 0 Å². The number of nitrogens with one attached hydrogen (secondary N) is 1. The van der Waals surface area contributed by atoms with E-state index < -0.39 is 21.3 Å². The Hall–Kier alpha value is -3.41. The molecular weight excluding hydrogens is 641 g/mol. The second kappa shape index (κ2) is 12.1. The lowest BCUT2D eigenvalue weighted by Crippen LogP contribution is -2.66. The molecule has 8 rings (SSSR count). The summed E-state index contributed by atoms with van der Waals surface area (Å²) in [6.45, 7) is 6.78. The predicted molar refractivity (Wildman–Crippen MR) is 188 cm³/mol. The van der Waals surface area contributed by atoms with Crippen molar-refractivity contribution in [3.63, 3.8) is 0 Å². The average molecular weight is 689 g/mol. The molecule has 5 aliphatic rings. The van der Waals surface area contributed by atoms with Gasteiger partial charge in [-0.25, -0.2) is 13.1 Å². The molecule has 4 fully saturated rings. The summed E-state index contributed by atoms with van der Waals surface area (Å²) < 4.78 is 41.9. The first kappa shape index (κ1) is 32.8. The van der Waals surface area contributed by atoms with Crippen molar-refractivity contribution in [1.29, 1.82) is 0 Å². The Balaban J connectivity index is 1.30. The van der Waals surface area contributed by atoms with E-state index in [1.54, 1.807) is 13.2 Å². The molecule has 1 aromatic heterocycles. The molecular formula is C38H48N4O6S. The summed E-state index contributed by atoms with van der Waals surface area (Å²) in [6, 6.07) is 12.0. The lowest BCUT2D eigenvalue weighted by Gasteiger charge is -2.50. The molecule has 49 heavy (non-hydrogen) atoms. The number of piperazine rings is 1. The highest BCUT2D eigenvalue weighted by atomic mass is 32.2. The summed E-state index contributed by atoms with van der Waals surface area (Å²) in [7, 11) is 0.0131. The summed E-state index contributed by atoms with van der Waals surface area (Å²) in [4.78, 5) is 33.1. The fourth-order valence-electron chi connectivity index (χ4n) is 9.57. The van der Waals surface area contributed by atoms with E-state index >= 15 is 4.79 Å². The van der Waals surface area contributed by atoms with E-state index in [9.17, 15) is 13.2 Å². The number of carbonyl (C=O) groups excluding carboxylic acids is 2. The van der Waals surface area contributed by atoms with Crippen LogP contribution in [0.5, 0.6) is 5.75 Å². The monoisotopic (exact) mass is 688 g/mol. The fraction of sp³-hybridized carbons (Fsp3) is 0.579. The first-order valence-electron chi connectivity index (χ1n) is 18.0. The molecule has 4 atom stereocenters. The number of hydrogen-bond acceptors (Lipinski definition) is 7. The number of aromatic nitrogens is 1. The van der Waals surface area contributed by atoms with Crippen molar-refractivity contribution in [1.82, 2.24) is 19.1 Å². The van der Waals surface area contributed by atoms with E-state index in [1.165, 1.54) is 24.8 Å². The van der Waals surface area contributed by atoms with Gasteiger partial charge in [0.05, 0.1) is 49.3 Å². The third-order valence-corrected chi connectivity index (χ3v) is 13.3. The maximum absolute atomic E-state index is 15.1. The van der Waals surface area contributed by atoms with Crippen LogP contribution in [0, 0.1) is 11.3 Å². The van der Waals surface area contributed by atoms with Crippen LogP contribution in [0.1, 0.15) is 85.7 Å². The number of nitrogens with zero attached hydrogens (tertiary/aromatic N) is 3. The van der Waals surface area contributed by atoms with Crippen molar-refractivity contribution >= 4 is 32.7 Å². The number of carbonyl (C=O) groups is 2. The highest BCUT2D eigenvalue weighted by molar-refractivity contribution is 7.90. The van der Waals surface area contributed by atoms with Gasteiger partial charge in [0.1, 0.15) is 5.75 Å². The SMILES string of the molecule is COc1ccc2c(c1)C1CC1(C(=O)N1C3COCC1CN(C)C3)Cn1c-2c(C2CCCCC2)c2ccc(C(=O)NS(=O)(=O)CC(C)C)cc21.